The summed E-state index contributed by atoms with van der Waals surface area (Å²) in [4.78, 5) is 24.4. The van der Waals surface area contributed by atoms with Crippen molar-refractivity contribution in [3.63, 3.8) is 0 Å². The van der Waals surface area contributed by atoms with Crippen molar-refractivity contribution in [3.05, 3.63) is 102 Å². The molecule has 0 unspecified atom stereocenters. The van der Waals surface area contributed by atoms with Crippen LogP contribution in [-0.2, 0) is 0 Å². The molecule has 148 valence electrons. The number of benzene rings is 3. The lowest BCUT2D eigenvalue weighted by molar-refractivity contribution is 0.0698. The Morgan fingerprint density at radius 2 is 1.73 bits per heavy atom. The first kappa shape index (κ1) is 18.9. The molecule has 3 aromatic carbocycles. The van der Waals surface area contributed by atoms with Crippen LogP contribution in [0.15, 0.2) is 91.3 Å². The summed E-state index contributed by atoms with van der Waals surface area (Å²) < 4.78 is 7.39. The van der Waals surface area contributed by atoms with Crippen LogP contribution in [0, 0.1) is 0 Å². The van der Waals surface area contributed by atoms with E-state index in [-0.39, 0.29) is 11.3 Å². The molecule has 0 bridgehead atoms. The number of anilines is 1. The molecule has 0 radical (unpaired) electrons. The molecule has 0 fully saturated rings. The molecule has 4 rings (SSSR count). The SMILES string of the molecule is O=C(Nc1cc(Oc2ccccc2)ccc1C(=O)O)c1cccc(-n2cccn2)c1. The van der Waals surface area contributed by atoms with Gasteiger partial charge >= 0.3 is 5.97 Å². The van der Waals surface area contributed by atoms with Crippen LogP contribution in [0.25, 0.3) is 5.69 Å². The number of rotatable bonds is 6. The van der Waals surface area contributed by atoms with Gasteiger partial charge in [0, 0.05) is 24.0 Å². The number of hydrogen-bond acceptors (Lipinski definition) is 4. The molecule has 0 aliphatic rings. The standard InChI is InChI=1S/C23H17N3O4/c27-22(16-6-4-7-17(14-16)26-13-5-12-24-26)25-21-15-19(10-11-20(21)23(28)29)30-18-8-2-1-3-9-18/h1-15H,(H,25,27)(H,28,29). The molecule has 1 heterocycles. The lowest BCUT2D eigenvalue weighted by atomic mass is 10.1. The summed E-state index contributed by atoms with van der Waals surface area (Å²) in [5.41, 5.74) is 1.19. The van der Waals surface area contributed by atoms with Crippen molar-refractivity contribution in [1.29, 1.82) is 0 Å². The average molecular weight is 399 g/mol. The van der Waals surface area contributed by atoms with E-state index < -0.39 is 11.9 Å². The number of ether oxygens (including phenoxy) is 1. The highest BCUT2D eigenvalue weighted by molar-refractivity contribution is 6.08. The van der Waals surface area contributed by atoms with Gasteiger partial charge in [0.25, 0.3) is 5.91 Å². The Hall–Kier alpha value is -4.39. The number of carboxylic acids is 1. The first-order valence-electron chi connectivity index (χ1n) is 9.12. The molecule has 4 aromatic rings. The number of aromatic carboxylic acids is 1. The van der Waals surface area contributed by atoms with Crippen molar-refractivity contribution in [2.45, 2.75) is 0 Å². The molecule has 7 nitrogen and oxygen atoms in total. The van der Waals surface area contributed by atoms with E-state index in [1.165, 1.54) is 12.1 Å². The molecule has 7 heteroatoms. The zero-order valence-corrected chi connectivity index (χ0v) is 15.7. The Morgan fingerprint density at radius 1 is 0.900 bits per heavy atom. The molecule has 30 heavy (non-hydrogen) atoms. The Kier molecular flexibility index (Phi) is 5.25. The zero-order chi connectivity index (χ0) is 20.9. The van der Waals surface area contributed by atoms with Crippen LogP contribution in [0.1, 0.15) is 20.7 Å². The Labute approximate surface area is 172 Å². The van der Waals surface area contributed by atoms with Gasteiger partial charge < -0.3 is 15.2 Å². The number of carbonyl (C=O) groups excluding carboxylic acids is 1. The summed E-state index contributed by atoms with van der Waals surface area (Å²) in [5.74, 6) is -0.582. The summed E-state index contributed by atoms with van der Waals surface area (Å²) in [6, 6.07) is 22.2. The van der Waals surface area contributed by atoms with Gasteiger partial charge in [-0.05, 0) is 48.5 Å². The molecule has 1 aromatic heterocycles. The maximum Gasteiger partial charge on any atom is 0.337 e. The highest BCUT2D eigenvalue weighted by Crippen LogP contribution is 2.27. The molecular weight excluding hydrogens is 382 g/mol. The van der Waals surface area contributed by atoms with E-state index in [0.717, 1.165) is 0 Å². The maximum atomic E-state index is 12.8. The second kappa shape index (κ2) is 8.32. The summed E-state index contributed by atoms with van der Waals surface area (Å²) in [5, 5.41) is 16.3. The van der Waals surface area contributed by atoms with Crippen LogP contribution < -0.4 is 10.1 Å². The third-order valence-electron chi connectivity index (χ3n) is 4.33. The van der Waals surface area contributed by atoms with Gasteiger partial charge in [-0.3, -0.25) is 4.79 Å². The molecule has 0 saturated carbocycles. The van der Waals surface area contributed by atoms with E-state index in [1.54, 1.807) is 59.5 Å². The second-order valence-electron chi connectivity index (χ2n) is 6.38. The van der Waals surface area contributed by atoms with E-state index >= 15 is 0 Å². The van der Waals surface area contributed by atoms with Crippen molar-refractivity contribution >= 4 is 17.6 Å². The quantitative estimate of drug-likeness (QED) is 0.494. The van der Waals surface area contributed by atoms with Crippen LogP contribution in [-0.4, -0.2) is 26.8 Å². The van der Waals surface area contributed by atoms with Gasteiger partial charge in [0.15, 0.2) is 0 Å². The molecule has 1 amide bonds. The van der Waals surface area contributed by atoms with Crippen molar-refractivity contribution in [3.8, 4) is 17.2 Å². The normalized spacial score (nSPS) is 10.4. The summed E-state index contributed by atoms with van der Waals surface area (Å²) >= 11 is 0. The fourth-order valence-electron chi connectivity index (χ4n) is 2.91. The molecule has 0 aliphatic carbocycles. The smallest absolute Gasteiger partial charge is 0.337 e. The Bertz CT molecular complexity index is 1190. The number of carbonyl (C=O) groups is 2. The highest BCUT2D eigenvalue weighted by Gasteiger charge is 2.16. The minimum absolute atomic E-state index is 0.0352. The van der Waals surface area contributed by atoms with Gasteiger partial charge in [-0.15, -0.1) is 0 Å². The molecule has 0 spiro atoms. The maximum absolute atomic E-state index is 12.8. The molecule has 0 atom stereocenters. The molecule has 2 N–H and O–H groups in total. The number of aromatic nitrogens is 2. The van der Waals surface area contributed by atoms with E-state index in [1.807, 2.05) is 24.3 Å². The van der Waals surface area contributed by atoms with Crippen LogP contribution >= 0.6 is 0 Å². The fraction of sp³-hybridized carbons (Fsp3) is 0. The van der Waals surface area contributed by atoms with Gasteiger partial charge in [0.05, 0.1) is 16.9 Å². The molecule has 0 saturated heterocycles. The van der Waals surface area contributed by atoms with E-state index in [0.29, 0.717) is 22.7 Å². The fourth-order valence-corrected chi connectivity index (χ4v) is 2.91. The van der Waals surface area contributed by atoms with Gasteiger partial charge in [0.2, 0.25) is 0 Å². The third kappa shape index (κ3) is 4.20. The van der Waals surface area contributed by atoms with Crippen LogP contribution in [0.5, 0.6) is 11.5 Å². The highest BCUT2D eigenvalue weighted by atomic mass is 16.5. The number of carboxylic acid groups (broad SMARTS) is 1. The summed E-state index contributed by atoms with van der Waals surface area (Å²) in [6.07, 6.45) is 3.41. The lowest BCUT2D eigenvalue weighted by Gasteiger charge is -2.12. The Balaban J connectivity index is 1.61. The minimum Gasteiger partial charge on any atom is -0.478 e. The van der Waals surface area contributed by atoms with Gasteiger partial charge in [-0.1, -0.05) is 24.3 Å². The minimum atomic E-state index is -1.15. The van der Waals surface area contributed by atoms with Crippen LogP contribution in [0.2, 0.25) is 0 Å². The van der Waals surface area contributed by atoms with E-state index in [9.17, 15) is 14.7 Å². The zero-order valence-electron chi connectivity index (χ0n) is 15.7. The van der Waals surface area contributed by atoms with Crippen molar-refractivity contribution in [2.24, 2.45) is 0 Å². The number of para-hydroxylation sites is 1. The van der Waals surface area contributed by atoms with Gasteiger partial charge in [0.1, 0.15) is 11.5 Å². The van der Waals surface area contributed by atoms with Crippen LogP contribution in [0.4, 0.5) is 5.69 Å². The Morgan fingerprint density at radius 3 is 2.47 bits per heavy atom. The van der Waals surface area contributed by atoms with E-state index in [2.05, 4.69) is 10.4 Å². The summed E-state index contributed by atoms with van der Waals surface area (Å²) in [6.45, 7) is 0. The van der Waals surface area contributed by atoms with E-state index in [4.69, 9.17) is 4.74 Å². The van der Waals surface area contributed by atoms with Crippen LogP contribution in [0.3, 0.4) is 0 Å². The van der Waals surface area contributed by atoms with Crippen molar-refractivity contribution in [2.75, 3.05) is 5.32 Å². The first-order valence-corrected chi connectivity index (χ1v) is 9.12. The van der Waals surface area contributed by atoms with Crippen molar-refractivity contribution < 1.29 is 19.4 Å². The average Bonchev–Trinajstić information content (AvgIpc) is 3.29. The topological polar surface area (TPSA) is 93.5 Å². The van der Waals surface area contributed by atoms with Crippen molar-refractivity contribution in [1.82, 2.24) is 9.78 Å². The second-order valence-corrected chi connectivity index (χ2v) is 6.38. The first-order chi connectivity index (χ1) is 14.6. The molecule has 0 aliphatic heterocycles. The molecular formula is C23H17N3O4. The number of amides is 1. The lowest BCUT2D eigenvalue weighted by Crippen LogP contribution is -2.15. The van der Waals surface area contributed by atoms with Gasteiger partial charge in [-0.2, -0.15) is 5.10 Å². The van der Waals surface area contributed by atoms with Gasteiger partial charge in [-0.25, -0.2) is 9.48 Å². The number of nitrogens with one attached hydrogen (secondary N) is 1. The predicted molar refractivity (Wildman–Crippen MR) is 111 cm³/mol. The summed E-state index contributed by atoms with van der Waals surface area (Å²) in [7, 11) is 0. The monoisotopic (exact) mass is 399 g/mol. The largest absolute Gasteiger partial charge is 0.478 e. The predicted octanol–water partition coefficient (Wildman–Crippen LogP) is 4.62. The number of nitrogens with zero attached hydrogens (tertiary/aromatic N) is 2. The number of hydrogen-bond donors (Lipinski definition) is 2. The third-order valence-corrected chi connectivity index (χ3v) is 4.33.